The number of nitrogens with zero attached hydrogens (tertiary/aromatic N) is 1. The molecule has 1 amide bonds. The minimum atomic E-state index is -1.05. The van der Waals surface area contributed by atoms with Crippen molar-refractivity contribution in [2.45, 2.75) is 6.42 Å². The highest BCUT2D eigenvalue weighted by atomic mass is 16.5. The van der Waals surface area contributed by atoms with Gasteiger partial charge in [0, 0.05) is 25.7 Å². The fourth-order valence-corrected chi connectivity index (χ4v) is 1.60. The molecule has 0 saturated carbocycles. The zero-order valence-corrected chi connectivity index (χ0v) is 12.3. The summed E-state index contributed by atoms with van der Waals surface area (Å²) >= 11 is 0. The van der Waals surface area contributed by atoms with Crippen molar-refractivity contribution < 1.29 is 24.2 Å². The smallest absolute Gasteiger partial charge is 0.328 e. The molecule has 6 heteroatoms. The summed E-state index contributed by atoms with van der Waals surface area (Å²) < 4.78 is 10.8. The van der Waals surface area contributed by atoms with Crippen LogP contribution >= 0.6 is 0 Å². The van der Waals surface area contributed by atoms with Gasteiger partial charge in [-0.15, -0.1) is 0 Å². The second-order valence-corrected chi connectivity index (χ2v) is 4.44. The van der Waals surface area contributed by atoms with Crippen molar-refractivity contribution >= 4 is 18.0 Å². The van der Waals surface area contributed by atoms with Crippen LogP contribution < -0.4 is 9.47 Å². The van der Waals surface area contributed by atoms with Gasteiger partial charge in [0.05, 0.1) is 20.1 Å². The van der Waals surface area contributed by atoms with Crippen LogP contribution in [0.2, 0.25) is 0 Å². The average molecular weight is 293 g/mol. The number of carboxylic acid groups (broad SMARTS) is 1. The third kappa shape index (κ3) is 5.18. The Balaban J connectivity index is 2.87. The SMILES string of the molecule is COc1cccc(/C=C/C(=O)O)c1OCCC(=O)N(C)C. The van der Waals surface area contributed by atoms with E-state index in [1.165, 1.54) is 18.1 Å². The van der Waals surface area contributed by atoms with E-state index in [-0.39, 0.29) is 18.9 Å². The largest absolute Gasteiger partial charge is 0.493 e. The standard InChI is InChI=1S/C15H19NO5/c1-16(2)13(17)9-10-21-15-11(7-8-14(18)19)5-4-6-12(15)20-3/h4-8H,9-10H2,1-3H3,(H,18,19)/b8-7+. The van der Waals surface area contributed by atoms with Crippen LogP contribution in [0.3, 0.4) is 0 Å². The highest BCUT2D eigenvalue weighted by Crippen LogP contribution is 2.32. The summed E-state index contributed by atoms with van der Waals surface area (Å²) in [6, 6.07) is 5.16. The summed E-state index contributed by atoms with van der Waals surface area (Å²) in [7, 11) is 4.84. The molecule has 1 aromatic carbocycles. The Bertz CT molecular complexity index is 537. The monoisotopic (exact) mass is 293 g/mol. The number of carboxylic acids is 1. The van der Waals surface area contributed by atoms with Gasteiger partial charge in [0.25, 0.3) is 0 Å². The predicted octanol–water partition coefficient (Wildman–Crippen LogP) is 1.65. The molecule has 0 unspecified atom stereocenters. The van der Waals surface area contributed by atoms with E-state index in [0.29, 0.717) is 17.1 Å². The number of amides is 1. The van der Waals surface area contributed by atoms with Gasteiger partial charge in [0.2, 0.25) is 5.91 Å². The number of hydrogen-bond acceptors (Lipinski definition) is 4. The molecular formula is C15H19NO5. The molecule has 0 aromatic heterocycles. The van der Waals surface area contributed by atoms with Crippen molar-refractivity contribution in [2.24, 2.45) is 0 Å². The highest BCUT2D eigenvalue weighted by molar-refractivity contribution is 5.86. The number of rotatable bonds is 7. The first kappa shape index (κ1) is 16.6. The number of ether oxygens (including phenoxy) is 2. The second kappa shape index (κ2) is 7.94. The quantitative estimate of drug-likeness (QED) is 0.774. The van der Waals surface area contributed by atoms with E-state index in [0.717, 1.165) is 6.08 Å². The fraction of sp³-hybridized carbons (Fsp3) is 0.333. The van der Waals surface area contributed by atoms with Crippen LogP contribution in [0.5, 0.6) is 11.5 Å². The van der Waals surface area contributed by atoms with E-state index in [9.17, 15) is 9.59 Å². The van der Waals surface area contributed by atoms with Crippen molar-refractivity contribution in [3.63, 3.8) is 0 Å². The van der Waals surface area contributed by atoms with Crippen molar-refractivity contribution in [2.75, 3.05) is 27.8 Å². The number of aliphatic carboxylic acids is 1. The first-order valence-corrected chi connectivity index (χ1v) is 6.36. The molecule has 0 fully saturated rings. The summed E-state index contributed by atoms with van der Waals surface area (Å²) in [5.41, 5.74) is 0.578. The van der Waals surface area contributed by atoms with Crippen LogP contribution in [0.1, 0.15) is 12.0 Å². The highest BCUT2D eigenvalue weighted by Gasteiger charge is 2.11. The molecule has 0 bridgehead atoms. The fourth-order valence-electron chi connectivity index (χ4n) is 1.60. The number of carbonyl (C=O) groups is 2. The molecule has 0 atom stereocenters. The lowest BCUT2D eigenvalue weighted by Gasteiger charge is -2.14. The van der Waals surface area contributed by atoms with Gasteiger partial charge in [0.15, 0.2) is 11.5 Å². The van der Waals surface area contributed by atoms with Crippen LogP contribution in [0, 0.1) is 0 Å². The molecule has 0 radical (unpaired) electrons. The van der Waals surface area contributed by atoms with E-state index in [4.69, 9.17) is 14.6 Å². The third-order valence-corrected chi connectivity index (χ3v) is 2.70. The molecule has 0 heterocycles. The lowest BCUT2D eigenvalue weighted by atomic mass is 10.1. The van der Waals surface area contributed by atoms with Gasteiger partial charge in [-0.3, -0.25) is 4.79 Å². The minimum absolute atomic E-state index is 0.0486. The van der Waals surface area contributed by atoms with E-state index in [1.807, 2.05) is 0 Å². The molecule has 0 aliphatic heterocycles. The third-order valence-electron chi connectivity index (χ3n) is 2.70. The van der Waals surface area contributed by atoms with Crippen LogP contribution in [-0.4, -0.2) is 49.7 Å². The van der Waals surface area contributed by atoms with E-state index in [2.05, 4.69) is 0 Å². The average Bonchev–Trinajstić information content (AvgIpc) is 2.45. The predicted molar refractivity (Wildman–Crippen MR) is 78.5 cm³/mol. The number of methoxy groups -OCH3 is 1. The zero-order valence-electron chi connectivity index (χ0n) is 12.3. The molecule has 1 rings (SSSR count). The van der Waals surface area contributed by atoms with Gasteiger partial charge >= 0.3 is 5.97 Å². The van der Waals surface area contributed by atoms with Crippen LogP contribution in [-0.2, 0) is 9.59 Å². The molecule has 21 heavy (non-hydrogen) atoms. The van der Waals surface area contributed by atoms with Gasteiger partial charge < -0.3 is 19.5 Å². The summed E-state index contributed by atoms with van der Waals surface area (Å²) in [5, 5.41) is 8.69. The molecule has 0 aliphatic carbocycles. The molecule has 0 aliphatic rings. The molecule has 0 saturated heterocycles. The maximum atomic E-state index is 11.5. The first-order chi connectivity index (χ1) is 9.95. The van der Waals surface area contributed by atoms with E-state index in [1.54, 1.807) is 32.3 Å². The topological polar surface area (TPSA) is 76.1 Å². The molecule has 6 nitrogen and oxygen atoms in total. The van der Waals surface area contributed by atoms with Crippen molar-refractivity contribution in [3.05, 3.63) is 29.8 Å². The summed E-state index contributed by atoms with van der Waals surface area (Å²) in [6.45, 7) is 0.186. The lowest BCUT2D eigenvalue weighted by Crippen LogP contribution is -2.23. The zero-order chi connectivity index (χ0) is 15.8. The number of carbonyl (C=O) groups excluding carboxylic acids is 1. The van der Waals surface area contributed by atoms with Gasteiger partial charge in [-0.2, -0.15) is 0 Å². The molecular weight excluding hydrogens is 274 g/mol. The Hall–Kier alpha value is -2.50. The second-order valence-electron chi connectivity index (χ2n) is 4.44. The van der Waals surface area contributed by atoms with E-state index >= 15 is 0 Å². The number of hydrogen-bond donors (Lipinski definition) is 1. The minimum Gasteiger partial charge on any atom is -0.493 e. The molecule has 0 spiro atoms. The van der Waals surface area contributed by atoms with E-state index < -0.39 is 5.97 Å². The Labute approximate surface area is 123 Å². The normalized spacial score (nSPS) is 10.4. The number of benzene rings is 1. The molecule has 1 N–H and O–H groups in total. The van der Waals surface area contributed by atoms with Crippen molar-refractivity contribution in [1.82, 2.24) is 4.90 Å². The van der Waals surface area contributed by atoms with Crippen molar-refractivity contribution in [1.29, 1.82) is 0 Å². The number of para-hydroxylation sites is 1. The Morgan fingerprint density at radius 3 is 2.62 bits per heavy atom. The summed E-state index contributed by atoms with van der Waals surface area (Å²) in [4.78, 5) is 23.6. The van der Waals surface area contributed by atoms with Crippen LogP contribution in [0.4, 0.5) is 0 Å². The van der Waals surface area contributed by atoms with Gasteiger partial charge in [-0.05, 0) is 12.1 Å². The van der Waals surface area contributed by atoms with Gasteiger partial charge in [0.1, 0.15) is 0 Å². The van der Waals surface area contributed by atoms with Crippen LogP contribution in [0.25, 0.3) is 6.08 Å². The Kier molecular flexibility index (Phi) is 6.26. The lowest BCUT2D eigenvalue weighted by molar-refractivity contribution is -0.131. The molecule has 1 aromatic rings. The van der Waals surface area contributed by atoms with Gasteiger partial charge in [-0.25, -0.2) is 4.79 Å². The van der Waals surface area contributed by atoms with Crippen LogP contribution in [0.15, 0.2) is 24.3 Å². The van der Waals surface area contributed by atoms with Gasteiger partial charge in [-0.1, -0.05) is 12.1 Å². The summed E-state index contributed by atoms with van der Waals surface area (Å²) in [5.74, 6) is -0.192. The summed E-state index contributed by atoms with van der Waals surface area (Å²) in [6.07, 6.45) is 2.67. The Morgan fingerprint density at radius 1 is 1.33 bits per heavy atom. The van der Waals surface area contributed by atoms with Crippen molar-refractivity contribution in [3.8, 4) is 11.5 Å². The maximum absolute atomic E-state index is 11.5. The Morgan fingerprint density at radius 2 is 2.05 bits per heavy atom. The molecule has 114 valence electrons. The maximum Gasteiger partial charge on any atom is 0.328 e. The first-order valence-electron chi connectivity index (χ1n) is 6.36.